The Morgan fingerprint density at radius 3 is 2.85 bits per heavy atom. The molecule has 0 radical (unpaired) electrons. The second-order valence-electron chi connectivity index (χ2n) is 6.00. The van der Waals surface area contributed by atoms with Crippen molar-refractivity contribution in [2.45, 2.75) is 13.5 Å². The van der Waals surface area contributed by atoms with Crippen molar-refractivity contribution < 1.29 is 9.53 Å². The fourth-order valence-corrected chi connectivity index (χ4v) is 3.28. The number of H-pyrrole nitrogens is 1. The predicted molar refractivity (Wildman–Crippen MR) is 104 cm³/mol. The van der Waals surface area contributed by atoms with Crippen LogP contribution < -0.4 is 10.1 Å². The predicted octanol–water partition coefficient (Wildman–Crippen LogP) is 4.76. The van der Waals surface area contributed by atoms with Crippen LogP contribution in [0.1, 0.15) is 21.6 Å². The lowest BCUT2D eigenvalue weighted by Gasteiger charge is -2.09. The minimum absolute atomic E-state index is 0.188. The zero-order chi connectivity index (χ0) is 17.9. The number of fused-ring (bicyclic) bond motifs is 1. The molecule has 0 atom stereocenters. The third-order valence-corrected chi connectivity index (χ3v) is 4.76. The Balaban J connectivity index is 1.42. The lowest BCUT2D eigenvalue weighted by atomic mass is 10.2. The van der Waals surface area contributed by atoms with Crippen molar-refractivity contribution in [2.75, 3.05) is 5.32 Å². The van der Waals surface area contributed by atoms with Crippen LogP contribution in [-0.4, -0.2) is 15.9 Å². The minimum atomic E-state index is -0.188. The van der Waals surface area contributed by atoms with E-state index < -0.39 is 0 Å². The molecule has 2 aromatic heterocycles. The molecule has 0 aliphatic rings. The van der Waals surface area contributed by atoms with Gasteiger partial charge in [-0.05, 0) is 42.8 Å². The van der Waals surface area contributed by atoms with Crippen LogP contribution in [0.5, 0.6) is 5.75 Å². The number of thiazole rings is 1. The van der Waals surface area contributed by atoms with Gasteiger partial charge < -0.3 is 15.0 Å². The number of anilines is 1. The van der Waals surface area contributed by atoms with Crippen molar-refractivity contribution in [3.8, 4) is 5.75 Å². The molecule has 0 saturated heterocycles. The fourth-order valence-electron chi connectivity index (χ4n) is 2.61. The molecule has 1 amide bonds. The van der Waals surface area contributed by atoms with E-state index in [2.05, 4.69) is 15.3 Å². The molecule has 0 bridgehead atoms. The molecule has 0 unspecified atom stereocenters. The number of aromatic amines is 1. The van der Waals surface area contributed by atoms with Gasteiger partial charge in [-0.1, -0.05) is 29.8 Å². The highest BCUT2D eigenvalue weighted by Crippen LogP contribution is 2.20. The maximum Gasteiger partial charge on any atom is 0.272 e. The van der Waals surface area contributed by atoms with Crippen molar-refractivity contribution in [2.24, 2.45) is 0 Å². The van der Waals surface area contributed by atoms with Crippen LogP contribution in [0.2, 0.25) is 0 Å². The van der Waals surface area contributed by atoms with Crippen LogP contribution in [0.25, 0.3) is 10.3 Å². The van der Waals surface area contributed by atoms with Crippen LogP contribution in [0.3, 0.4) is 0 Å². The Labute approximate surface area is 154 Å². The number of aromatic nitrogens is 2. The Bertz CT molecular complexity index is 1020. The zero-order valence-corrected chi connectivity index (χ0v) is 15.0. The number of benzene rings is 2. The summed E-state index contributed by atoms with van der Waals surface area (Å²) in [5.41, 5.74) is 5.89. The summed E-state index contributed by atoms with van der Waals surface area (Å²) in [6, 6.07) is 17.4. The van der Waals surface area contributed by atoms with Crippen molar-refractivity contribution in [3.05, 3.63) is 76.9 Å². The van der Waals surface area contributed by atoms with E-state index in [1.807, 2.05) is 61.5 Å². The van der Waals surface area contributed by atoms with E-state index in [1.54, 1.807) is 5.51 Å². The highest BCUT2D eigenvalue weighted by atomic mass is 32.1. The molecule has 26 heavy (non-hydrogen) atoms. The minimum Gasteiger partial charge on any atom is -0.489 e. The maximum absolute atomic E-state index is 12.4. The number of carbonyl (C=O) groups is 1. The molecular weight excluding hydrogens is 346 g/mol. The zero-order valence-electron chi connectivity index (χ0n) is 14.2. The lowest BCUT2D eigenvalue weighted by Crippen LogP contribution is -2.12. The molecular formula is C20H17N3O2S. The molecule has 2 aromatic carbocycles. The SMILES string of the molecule is Cc1ccc(OCc2cccc(NC(=O)c3cc4scnc4[nH]3)c2)cc1. The second kappa shape index (κ2) is 7.01. The molecule has 4 rings (SSSR count). The lowest BCUT2D eigenvalue weighted by molar-refractivity contribution is 0.102. The number of ether oxygens (including phenoxy) is 1. The van der Waals surface area contributed by atoms with E-state index in [4.69, 9.17) is 4.74 Å². The summed E-state index contributed by atoms with van der Waals surface area (Å²) >= 11 is 1.50. The Hall–Kier alpha value is -3.12. The summed E-state index contributed by atoms with van der Waals surface area (Å²) < 4.78 is 6.76. The molecule has 0 fully saturated rings. The van der Waals surface area contributed by atoms with E-state index in [0.29, 0.717) is 12.3 Å². The smallest absolute Gasteiger partial charge is 0.272 e. The van der Waals surface area contributed by atoms with Crippen molar-refractivity contribution in [3.63, 3.8) is 0 Å². The van der Waals surface area contributed by atoms with Crippen molar-refractivity contribution in [1.29, 1.82) is 0 Å². The number of hydrogen-bond donors (Lipinski definition) is 2. The highest BCUT2D eigenvalue weighted by molar-refractivity contribution is 7.16. The largest absolute Gasteiger partial charge is 0.489 e. The number of nitrogens with zero attached hydrogens (tertiary/aromatic N) is 1. The van der Waals surface area contributed by atoms with Crippen LogP contribution >= 0.6 is 11.3 Å². The van der Waals surface area contributed by atoms with Gasteiger partial charge in [0.15, 0.2) is 0 Å². The molecule has 2 N–H and O–H groups in total. The first kappa shape index (κ1) is 16.4. The molecule has 4 aromatic rings. The van der Waals surface area contributed by atoms with Crippen LogP contribution in [-0.2, 0) is 6.61 Å². The first-order valence-corrected chi connectivity index (χ1v) is 9.07. The monoisotopic (exact) mass is 363 g/mol. The number of rotatable bonds is 5. The van der Waals surface area contributed by atoms with Gasteiger partial charge in [-0.2, -0.15) is 0 Å². The molecule has 0 saturated carbocycles. The molecule has 5 nitrogen and oxygen atoms in total. The molecule has 0 aliphatic carbocycles. The number of amides is 1. The summed E-state index contributed by atoms with van der Waals surface area (Å²) in [5, 5.41) is 2.91. The molecule has 0 aliphatic heterocycles. The summed E-state index contributed by atoms with van der Waals surface area (Å²) in [4.78, 5) is 19.6. The van der Waals surface area contributed by atoms with Gasteiger partial charge in [-0.15, -0.1) is 11.3 Å². The van der Waals surface area contributed by atoms with Crippen LogP contribution in [0.15, 0.2) is 60.1 Å². The van der Waals surface area contributed by atoms with Gasteiger partial charge in [0, 0.05) is 5.69 Å². The van der Waals surface area contributed by atoms with Gasteiger partial charge in [-0.25, -0.2) is 4.98 Å². The molecule has 0 spiro atoms. The Morgan fingerprint density at radius 2 is 2.04 bits per heavy atom. The van der Waals surface area contributed by atoms with E-state index in [9.17, 15) is 4.79 Å². The molecule has 2 heterocycles. The van der Waals surface area contributed by atoms with Crippen LogP contribution in [0, 0.1) is 6.92 Å². The Kier molecular flexibility index (Phi) is 4.41. The van der Waals surface area contributed by atoms with Gasteiger partial charge in [0.2, 0.25) is 0 Å². The van der Waals surface area contributed by atoms with E-state index in [1.165, 1.54) is 16.9 Å². The van der Waals surface area contributed by atoms with E-state index >= 15 is 0 Å². The average Bonchev–Trinajstić information content (AvgIpc) is 3.24. The van der Waals surface area contributed by atoms with Crippen molar-refractivity contribution >= 4 is 33.3 Å². The number of aryl methyl sites for hydroxylation is 1. The maximum atomic E-state index is 12.4. The third kappa shape index (κ3) is 3.60. The second-order valence-corrected chi connectivity index (χ2v) is 6.89. The van der Waals surface area contributed by atoms with Gasteiger partial charge >= 0.3 is 0 Å². The quantitative estimate of drug-likeness (QED) is 0.537. The van der Waals surface area contributed by atoms with Gasteiger partial charge in [0.1, 0.15) is 23.7 Å². The van der Waals surface area contributed by atoms with Crippen molar-refractivity contribution in [1.82, 2.24) is 9.97 Å². The Morgan fingerprint density at radius 1 is 1.19 bits per heavy atom. The first-order valence-electron chi connectivity index (χ1n) is 8.19. The van der Waals surface area contributed by atoms with Crippen LogP contribution in [0.4, 0.5) is 5.69 Å². The fraction of sp³-hybridized carbons (Fsp3) is 0.100. The summed E-state index contributed by atoms with van der Waals surface area (Å²) in [6.07, 6.45) is 0. The third-order valence-electron chi connectivity index (χ3n) is 3.98. The number of hydrogen-bond acceptors (Lipinski definition) is 4. The van der Waals surface area contributed by atoms with E-state index in [0.717, 1.165) is 27.3 Å². The standard InChI is InChI=1S/C20H17N3O2S/c1-13-5-7-16(8-6-13)25-11-14-3-2-4-15(9-14)22-20(24)17-10-18-19(23-17)21-12-26-18/h2-10,12,23H,11H2,1H3,(H,22,24). The summed E-state index contributed by atoms with van der Waals surface area (Å²) in [5.74, 6) is 0.635. The molecule has 6 heteroatoms. The van der Waals surface area contributed by atoms with Gasteiger partial charge in [0.05, 0.1) is 10.2 Å². The first-order chi connectivity index (χ1) is 12.7. The molecule has 130 valence electrons. The topological polar surface area (TPSA) is 67.0 Å². The number of carbonyl (C=O) groups excluding carboxylic acids is 1. The normalized spacial score (nSPS) is 10.8. The summed E-state index contributed by atoms with van der Waals surface area (Å²) in [6.45, 7) is 2.48. The highest BCUT2D eigenvalue weighted by Gasteiger charge is 2.11. The summed E-state index contributed by atoms with van der Waals surface area (Å²) in [7, 11) is 0. The van der Waals surface area contributed by atoms with Gasteiger partial charge in [0.25, 0.3) is 5.91 Å². The number of nitrogens with one attached hydrogen (secondary N) is 2. The van der Waals surface area contributed by atoms with E-state index in [-0.39, 0.29) is 5.91 Å². The van der Waals surface area contributed by atoms with Gasteiger partial charge in [-0.3, -0.25) is 4.79 Å². The average molecular weight is 363 g/mol.